The Morgan fingerprint density at radius 2 is 1.36 bits per heavy atom. The number of hydrogen-bond donors (Lipinski definition) is 7. The van der Waals surface area contributed by atoms with E-state index in [0.717, 1.165) is 18.4 Å². The van der Waals surface area contributed by atoms with Gasteiger partial charge in [-0.2, -0.15) is 0 Å². The second-order valence-corrected chi connectivity index (χ2v) is 8.71. The molecule has 2 aliphatic heterocycles. The van der Waals surface area contributed by atoms with Gasteiger partial charge < -0.3 is 54.7 Å². The van der Waals surface area contributed by atoms with Crippen molar-refractivity contribution in [2.75, 3.05) is 19.8 Å². The summed E-state index contributed by atoms with van der Waals surface area (Å²) < 4.78 is 21.9. The number of aliphatic hydroxyl groups excluding tert-OH is 7. The minimum absolute atomic E-state index is 0.117. The summed E-state index contributed by atoms with van der Waals surface area (Å²) in [6.07, 6.45) is -8.90. The van der Waals surface area contributed by atoms with Crippen LogP contribution in [0.2, 0.25) is 0 Å². The molecule has 2 heterocycles. The molecule has 10 atom stereocenters. The van der Waals surface area contributed by atoms with Gasteiger partial charge in [0, 0.05) is 0 Å². The van der Waals surface area contributed by atoms with Crippen molar-refractivity contribution in [2.24, 2.45) is 0 Å². The Balaban J connectivity index is 1.97. The summed E-state index contributed by atoms with van der Waals surface area (Å²) in [6, 6.07) is 0. The van der Waals surface area contributed by atoms with E-state index in [1.807, 2.05) is 26.8 Å². The molecule has 11 heteroatoms. The van der Waals surface area contributed by atoms with Crippen LogP contribution in [-0.2, 0) is 18.9 Å². The van der Waals surface area contributed by atoms with Gasteiger partial charge in [0.2, 0.25) is 0 Å². The highest BCUT2D eigenvalue weighted by Gasteiger charge is 2.50. The van der Waals surface area contributed by atoms with Crippen molar-refractivity contribution in [1.29, 1.82) is 0 Å². The van der Waals surface area contributed by atoms with Gasteiger partial charge in [0.15, 0.2) is 12.6 Å². The first-order chi connectivity index (χ1) is 15.6. The van der Waals surface area contributed by atoms with Crippen molar-refractivity contribution < 1.29 is 54.7 Å². The molecule has 0 saturated carbocycles. The smallest absolute Gasteiger partial charge is 0.187 e. The molecule has 0 aliphatic carbocycles. The standard InChI is InChI=1S/C22H38O11/c1-11(2)5-4-6-12(3)7-8-30-21-19(29)17(27)20(14(10-24)32-21)33-22-18(28)16(26)15(25)13(9-23)31-22/h5,7,13-29H,4,6,8-10H2,1-3H3/b12-7+/t13-,14-,15-,16+,17-,18-,19-,20-,21?,22?/m1/s1. The van der Waals surface area contributed by atoms with Crippen LogP contribution in [-0.4, -0.2) is 117 Å². The molecule has 0 amide bonds. The summed E-state index contributed by atoms with van der Waals surface area (Å²) in [6.45, 7) is 4.87. The maximum Gasteiger partial charge on any atom is 0.187 e. The number of aliphatic hydroxyl groups is 7. The predicted molar refractivity (Wildman–Crippen MR) is 115 cm³/mol. The van der Waals surface area contributed by atoms with Gasteiger partial charge in [-0.25, -0.2) is 0 Å². The molecule has 2 saturated heterocycles. The third-order valence-electron chi connectivity index (χ3n) is 5.74. The van der Waals surface area contributed by atoms with E-state index in [9.17, 15) is 35.7 Å². The van der Waals surface area contributed by atoms with Crippen LogP contribution in [0.4, 0.5) is 0 Å². The van der Waals surface area contributed by atoms with Crippen LogP contribution in [0, 0.1) is 0 Å². The molecular weight excluding hydrogens is 440 g/mol. The Morgan fingerprint density at radius 1 is 0.758 bits per heavy atom. The molecule has 11 nitrogen and oxygen atoms in total. The lowest BCUT2D eigenvalue weighted by molar-refractivity contribution is -0.358. The summed E-state index contributed by atoms with van der Waals surface area (Å²) >= 11 is 0. The Hall–Kier alpha value is -0.960. The Kier molecular flexibility index (Phi) is 11.3. The van der Waals surface area contributed by atoms with Gasteiger partial charge in [0.1, 0.15) is 48.8 Å². The zero-order valence-electron chi connectivity index (χ0n) is 19.2. The number of ether oxygens (including phenoxy) is 4. The monoisotopic (exact) mass is 478 g/mol. The van der Waals surface area contributed by atoms with Crippen molar-refractivity contribution >= 4 is 0 Å². The van der Waals surface area contributed by atoms with Crippen LogP contribution in [0.3, 0.4) is 0 Å². The summed E-state index contributed by atoms with van der Waals surface area (Å²) in [5.74, 6) is 0. The minimum Gasteiger partial charge on any atom is -0.394 e. The highest BCUT2D eigenvalue weighted by Crippen LogP contribution is 2.29. The normalized spacial score (nSPS) is 40.0. The van der Waals surface area contributed by atoms with E-state index < -0.39 is 74.6 Å². The van der Waals surface area contributed by atoms with Crippen LogP contribution in [0.25, 0.3) is 0 Å². The molecule has 0 spiro atoms. The zero-order chi connectivity index (χ0) is 24.7. The van der Waals surface area contributed by atoms with Crippen molar-refractivity contribution in [3.8, 4) is 0 Å². The fraction of sp³-hybridized carbons (Fsp3) is 0.818. The summed E-state index contributed by atoms with van der Waals surface area (Å²) in [5.41, 5.74) is 2.32. The summed E-state index contributed by atoms with van der Waals surface area (Å²) in [4.78, 5) is 0. The van der Waals surface area contributed by atoms with Crippen LogP contribution in [0.1, 0.15) is 33.6 Å². The van der Waals surface area contributed by atoms with Crippen LogP contribution < -0.4 is 0 Å². The Labute approximate surface area is 193 Å². The number of rotatable bonds is 10. The average molecular weight is 479 g/mol. The number of hydrogen-bond acceptors (Lipinski definition) is 11. The first-order valence-corrected chi connectivity index (χ1v) is 11.1. The molecule has 7 N–H and O–H groups in total. The van der Waals surface area contributed by atoms with Gasteiger partial charge in [0.05, 0.1) is 19.8 Å². The summed E-state index contributed by atoms with van der Waals surface area (Å²) in [7, 11) is 0. The maximum atomic E-state index is 10.6. The van der Waals surface area contributed by atoms with E-state index in [2.05, 4.69) is 6.08 Å². The quantitative estimate of drug-likeness (QED) is 0.178. The molecule has 0 radical (unpaired) electrons. The van der Waals surface area contributed by atoms with Crippen LogP contribution in [0.15, 0.2) is 23.3 Å². The second-order valence-electron chi connectivity index (χ2n) is 8.71. The van der Waals surface area contributed by atoms with E-state index in [4.69, 9.17) is 18.9 Å². The molecular formula is C22H38O11. The van der Waals surface area contributed by atoms with Gasteiger partial charge in [-0.05, 0) is 33.6 Å². The van der Waals surface area contributed by atoms with E-state index in [1.165, 1.54) is 5.57 Å². The van der Waals surface area contributed by atoms with Crippen LogP contribution >= 0.6 is 0 Å². The highest BCUT2D eigenvalue weighted by atomic mass is 16.7. The molecule has 2 rings (SSSR count). The molecule has 2 aliphatic rings. The summed E-state index contributed by atoms with van der Waals surface area (Å²) in [5, 5.41) is 70.0. The Bertz CT molecular complexity index is 646. The van der Waals surface area contributed by atoms with E-state index in [-0.39, 0.29) is 6.61 Å². The topological polar surface area (TPSA) is 179 Å². The van der Waals surface area contributed by atoms with E-state index in [1.54, 1.807) is 0 Å². The second kappa shape index (κ2) is 13.2. The van der Waals surface area contributed by atoms with E-state index >= 15 is 0 Å². The predicted octanol–water partition coefficient (Wildman–Crippen LogP) is -1.68. The molecule has 0 aromatic heterocycles. The maximum absolute atomic E-state index is 10.6. The lowest BCUT2D eigenvalue weighted by Gasteiger charge is -2.45. The fourth-order valence-corrected chi connectivity index (χ4v) is 3.67. The average Bonchev–Trinajstić information content (AvgIpc) is 2.78. The lowest BCUT2D eigenvalue weighted by atomic mass is 9.97. The van der Waals surface area contributed by atoms with Gasteiger partial charge >= 0.3 is 0 Å². The molecule has 33 heavy (non-hydrogen) atoms. The molecule has 0 aromatic carbocycles. The van der Waals surface area contributed by atoms with Crippen molar-refractivity contribution in [1.82, 2.24) is 0 Å². The van der Waals surface area contributed by atoms with E-state index in [0.29, 0.717) is 0 Å². The number of allylic oxidation sites excluding steroid dienone is 3. The SMILES string of the molecule is CC(C)=CCC/C(C)=C/COC1O[C@H](CO)[C@@H](OC2O[C@H](CO)[C@@H](O)[C@H](O)[C@H]2O)[C@H](O)[C@H]1O. The molecule has 2 unspecified atom stereocenters. The largest absolute Gasteiger partial charge is 0.394 e. The van der Waals surface area contributed by atoms with Gasteiger partial charge in [-0.15, -0.1) is 0 Å². The fourth-order valence-electron chi connectivity index (χ4n) is 3.67. The molecule has 2 fully saturated rings. The molecule has 0 aromatic rings. The lowest BCUT2D eigenvalue weighted by Crippen LogP contribution is -2.64. The van der Waals surface area contributed by atoms with Crippen LogP contribution in [0.5, 0.6) is 0 Å². The van der Waals surface area contributed by atoms with Crippen molar-refractivity contribution in [3.05, 3.63) is 23.3 Å². The third kappa shape index (κ3) is 7.51. The van der Waals surface area contributed by atoms with Crippen molar-refractivity contribution in [3.63, 3.8) is 0 Å². The van der Waals surface area contributed by atoms with Crippen molar-refractivity contribution in [2.45, 2.75) is 95.0 Å². The minimum atomic E-state index is -1.71. The van der Waals surface area contributed by atoms with Gasteiger partial charge in [0.25, 0.3) is 0 Å². The third-order valence-corrected chi connectivity index (χ3v) is 5.74. The molecule has 192 valence electrons. The van der Waals surface area contributed by atoms with Gasteiger partial charge in [-0.3, -0.25) is 0 Å². The first kappa shape index (κ1) is 28.3. The van der Waals surface area contributed by atoms with Gasteiger partial charge in [-0.1, -0.05) is 23.3 Å². The zero-order valence-corrected chi connectivity index (χ0v) is 19.2. The first-order valence-electron chi connectivity index (χ1n) is 11.1. The molecule has 0 bridgehead atoms. The Morgan fingerprint density at radius 3 is 1.97 bits per heavy atom. The highest BCUT2D eigenvalue weighted by molar-refractivity contribution is 5.02.